The minimum atomic E-state index is -0.174. The first kappa shape index (κ1) is 18.8. The van der Waals surface area contributed by atoms with Crippen molar-refractivity contribution in [3.63, 3.8) is 0 Å². The molecule has 0 atom stereocenters. The molecule has 2 N–H and O–H groups in total. The Morgan fingerprint density at radius 1 is 1.00 bits per heavy atom. The van der Waals surface area contributed by atoms with E-state index in [0.717, 1.165) is 30.0 Å². The number of amides is 2. The summed E-state index contributed by atoms with van der Waals surface area (Å²) >= 11 is 0. The van der Waals surface area contributed by atoms with Gasteiger partial charge in [0.05, 0.1) is 7.11 Å². The molecule has 134 valence electrons. The summed E-state index contributed by atoms with van der Waals surface area (Å²) in [5, 5.41) is 5.76. The number of carbonyl (C=O) groups excluding carboxylic acids is 1. The lowest BCUT2D eigenvalue weighted by molar-refractivity contribution is 0.240. The number of nitrogens with zero attached hydrogens (tertiary/aromatic N) is 1. The summed E-state index contributed by atoms with van der Waals surface area (Å²) in [7, 11) is 3.73. The van der Waals surface area contributed by atoms with Gasteiger partial charge in [-0.15, -0.1) is 0 Å². The molecule has 0 saturated heterocycles. The average Bonchev–Trinajstić information content (AvgIpc) is 2.65. The van der Waals surface area contributed by atoms with E-state index < -0.39 is 0 Å². The average molecular weight is 341 g/mol. The van der Waals surface area contributed by atoms with Gasteiger partial charge in [-0.25, -0.2) is 4.79 Å². The summed E-state index contributed by atoms with van der Waals surface area (Å²) in [6, 6.07) is 15.8. The van der Waals surface area contributed by atoms with Crippen molar-refractivity contribution in [2.45, 2.75) is 26.6 Å². The van der Waals surface area contributed by atoms with Crippen molar-refractivity contribution < 1.29 is 9.53 Å². The predicted octanol–water partition coefficient (Wildman–Crippen LogP) is 3.15. The van der Waals surface area contributed by atoms with Gasteiger partial charge in [-0.05, 0) is 42.4 Å². The van der Waals surface area contributed by atoms with Crippen LogP contribution in [0.5, 0.6) is 5.75 Å². The molecular weight excluding hydrogens is 314 g/mol. The van der Waals surface area contributed by atoms with Crippen LogP contribution in [0.3, 0.4) is 0 Å². The Balaban J connectivity index is 1.78. The standard InChI is InChI=1S/C20H27N3O2/c1-4-23(2)15-18-7-5-6-17(12-18)14-22-20(24)21-13-16-8-10-19(25-3)11-9-16/h5-12H,4,13-15H2,1-3H3,(H2,21,22,24). The third-order valence-corrected chi connectivity index (χ3v) is 4.05. The number of hydrogen-bond donors (Lipinski definition) is 2. The first-order valence-electron chi connectivity index (χ1n) is 8.51. The van der Waals surface area contributed by atoms with Gasteiger partial charge >= 0.3 is 6.03 Å². The van der Waals surface area contributed by atoms with Crippen LogP contribution in [-0.4, -0.2) is 31.6 Å². The van der Waals surface area contributed by atoms with Gasteiger partial charge in [-0.1, -0.05) is 43.3 Å². The van der Waals surface area contributed by atoms with Gasteiger partial charge in [-0.3, -0.25) is 0 Å². The Hall–Kier alpha value is -2.53. The van der Waals surface area contributed by atoms with E-state index in [1.165, 1.54) is 5.56 Å². The molecule has 5 nitrogen and oxygen atoms in total. The van der Waals surface area contributed by atoms with Crippen LogP contribution in [0.4, 0.5) is 4.79 Å². The van der Waals surface area contributed by atoms with Crippen LogP contribution in [0.1, 0.15) is 23.6 Å². The molecule has 0 fully saturated rings. The van der Waals surface area contributed by atoms with Gasteiger partial charge in [0.15, 0.2) is 0 Å². The van der Waals surface area contributed by atoms with E-state index in [-0.39, 0.29) is 6.03 Å². The third kappa shape index (κ3) is 6.47. The van der Waals surface area contributed by atoms with E-state index in [2.05, 4.69) is 41.6 Å². The van der Waals surface area contributed by atoms with Crippen LogP contribution >= 0.6 is 0 Å². The quantitative estimate of drug-likeness (QED) is 0.775. The summed E-state index contributed by atoms with van der Waals surface area (Å²) in [6.07, 6.45) is 0. The van der Waals surface area contributed by atoms with Gasteiger partial charge in [0.1, 0.15) is 5.75 Å². The number of nitrogens with one attached hydrogen (secondary N) is 2. The third-order valence-electron chi connectivity index (χ3n) is 4.05. The summed E-state index contributed by atoms with van der Waals surface area (Å²) in [5.41, 5.74) is 3.38. The maximum Gasteiger partial charge on any atom is 0.315 e. The Morgan fingerprint density at radius 3 is 2.28 bits per heavy atom. The summed E-state index contributed by atoms with van der Waals surface area (Å²) < 4.78 is 5.12. The highest BCUT2D eigenvalue weighted by molar-refractivity contribution is 5.73. The molecule has 5 heteroatoms. The number of benzene rings is 2. The largest absolute Gasteiger partial charge is 0.497 e. The molecule has 25 heavy (non-hydrogen) atoms. The van der Waals surface area contributed by atoms with Crippen molar-refractivity contribution >= 4 is 6.03 Å². The summed E-state index contributed by atoms with van der Waals surface area (Å²) in [5.74, 6) is 0.807. The number of rotatable bonds is 8. The highest BCUT2D eigenvalue weighted by atomic mass is 16.5. The Morgan fingerprint density at radius 2 is 1.64 bits per heavy atom. The minimum absolute atomic E-state index is 0.174. The first-order chi connectivity index (χ1) is 12.1. The van der Waals surface area contributed by atoms with Crippen molar-refractivity contribution in [3.05, 3.63) is 65.2 Å². The summed E-state index contributed by atoms with van der Waals surface area (Å²) in [6.45, 7) is 5.05. The van der Waals surface area contributed by atoms with E-state index in [9.17, 15) is 4.79 Å². The molecule has 0 aliphatic rings. The van der Waals surface area contributed by atoms with Crippen LogP contribution in [0.2, 0.25) is 0 Å². The van der Waals surface area contributed by atoms with E-state index >= 15 is 0 Å². The summed E-state index contributed by atoms with van der Waals surface area (Å²) in [4.78, 5) is 14.2. The van der Waals surface area contributed by atoms with E-state index in [0.29, 0.717) is 13.1 Å². The van der Waals surface area contributed by atoms with Gasteiger partial charge in [0, 0.05) is 19.6 Å². The monoisotopic (exact) mass is 341 g/mol. The molecule has 0 radical (unpaired) electrons. The van der Waals surface area contributed by atoms with Crippen LogP contribution < -0.4 is 15.4 Å². The molecule has 2 rings (SSSR count). The molecule has 0 unspecified atom stereocenters. The van der Waals surface area contributed by atoms with Crippen LogP contribution in [0.15, 0.2) is 48.5 Å². The highest BCUT2D eigenvalue weighted by Crippen LogP contribution is 2.11. The highest BCUT2D eigenvalue weighted by Gasteiger charge is 2.03. The molecule has 0 saturated carbocycles. The van der Waals surface area contributed by atoms with Gasteiger partial charge in [0.2, 0.25) is 0 Å². The zero-order valence-electron chi connectivity index (χ0n) is 15.2. The molecule has 0 aliphatic heterocycles. The topological polar surface area (TPSA) is 53.6 Å². The fourth-order valence-corrected chi connectivity index (χ4v) is 2.43. The van der Waals surface area contributed by atoms with Crippen molar-refractivity contribution in [3.8, 4) is 5.75 Å². The number of ether oxygens (including phenoxy) is 1. The normalized spacial score (nSPS) is 10.6. The second kappa shape index (κ2) is 9.69. The lowest BCUT2D eigenvalue weighted by Crippen LogP contribution is -2.34. The van der Waals surface area contributed by atoms with Crippen molar-refractivity contribution in [2.24, 2.45) is 0 Å². The second-order valence-corrected chi connectivity index (χ2v) is 6.03. The second-order valence-electron chi connectivity index (χ2n) is 6.03. The lowest BCUT2D eigenvalue weighted by Gasteiger charge is -2.14. The van der Waals surface area contributed by atoms with Gasteiger partial charge < -0.3 is 20.3 Å². The fourth-order valence-electron chi connectivity index (χ4n) is 2.43. The zero-order valence-corrected chi connectivity index (χ0v) is 15.2. The Bertz CT molecular complexity index is 671. The van der Waals surface area contributed by atoms with Gasteiger partial charge in [-0.2, -0.15) is 0 Å². The molecule has 0 heterocycles. The maximum atomic E-state index is 12.0. The van der Waals surface area contributed by atoms with Crippen LogP contribution in [0, 0.1) is 0 Å². The van der Waals surface area contributed by atoms with Crippen LogP contribution in [-0.2, 0) is 19.6 Å². The van der Waals surface area contributed by atoms with Gasteiger partial charge in [0.25, 0.3) is 0 Å². The molecule has 0 bridgehead atoms. The SMILES string of the molecule is CCN(C)Cc1cccc(CNC(=O)NCc2ccc(OC)cc2)c1. The van der Waals surface area contributed by atoms with Crippen molar-refractivity contribution in [1.29, 1.82) is 0 Å². The molecule has 2 amide bonds. The van der Waals surface area contributed by atoms with Crippen molar-refractivity contribution in [2.75, 3.05) is 20.7 Å². The number of hydrogen-bond acceptors (Lipinski definition) is 3. The molecule has 2 aromatic carbocycles. The first-order valence-corrected chi connectivity index (χ1v) is 8.51. The predicted molar refractivity (Wildman–Crippen MR) is 101 cm³/mol. The zero-order chi connectivity index (χ0) is 18.1. The smallest absolute Gasteiger partial charge is 0.315 e. The number of carbonyl (C=O) groups is 1. The lowest BCUT2D eigenvalue weighted by atomic mass is 10.1. The molecule has 0 aromatic heterocycles. The number of urea groups is 1. The van der Waals surface area contributed by atoms with E-state index in [1.807, 2.05) is 36.4 Å². The molecule has 2 aromatic rings. The number of methoxy groups -OCH3 is 1. The van der Waals surface area contributed by atoms with Crippen LogP contribution in [0.25, 0.3) is 0 Å². The fraction of sp³-hybridized carbons (Fsp3) is 0.350. The molecule has 0 spiro atoms. The van der Waals surface area contributed by atoms with Crippen molar-refractivity contribution in [1.82, 2.24) is 15.5 Å². The maximum absolute atomic E-state index is 12.0. The Labute approximate surface area is 150 Å². The Kier molecular flexibility index (Phi) is 7.29. The van der Waals surface area contributed by atoms with E-state index in [1.54, 1.807) is 7.11 Å². The minimum Gasteiger partial charge on any atom is -0.497 e. The molecule has 0 aliphatic carbocycles. The van der Waals surface area contributed by atoms with E-state index in [4.69, 9.17) is 4.74 Å². The molecular formula is C20H27N3O2.